The molecule has 0 spiro atoms. The van der Waals surface area contributed by atoms with Crippen molar-refractivity contribution in [1.29, 1.82) is 0 Å². The van der Waals surface area contributed by atoms with Crippen molar-refractivity contribution in [3.05, 3.63) is 57.2 Å². The van der Waals surface area contributed by atoms with E-state index in [2.05, 4.69) is 38.8 Å². The Morgan fingerprint density at radius 3 is 2.87 bits per heavy atom. The molecular formula is C12H10BrClS. The molecule has 2 aromatic rings. The average molecular weight is 302 g/mol. The van der Waals surface area contributed by atoms with E-state index >= 15 is 0 Å². The van der Waals surface area contributed by atoms with E-state index < -0.39 is 0 Å². The molecule has 0 aliphatic heterocycles. The number of alkyl halides is 1. The van der Waals surface area contributed by atoms with Crippen LogP contribution >= 0.6 is 38.9 Å². The second-order valence-electron chi connectivity index (χ2n) is 3.36. The van der Waals surface area contributed by atoms with Crippen LogP contribution in [0.25, 0.3) is 0 Å². The van der Waals surface area contributed by atoms with Gasteiger partial charge in [-0.25, -0.2) is 0 Å². The van der Waals surface area contributed by atoms with Gasteiger partial charge in [-0.2, -0.15) is 11.3 Å². The summed E-state index contributed by atoms with van der Waals surface area (Å²) in [6.07, 6.45) is 0.970. The number of rotatable bonds is 3. The highest BCUT2D eigenvalue weighted by atomic mass is 79.9. The van der Waals surface area contributed by atoms with E-state index in [0.29, 0.717) is 4.83 Å². The van der Waals surface area contributed by atoms with Crippen molar-refractivity contribution >= 4 is 38.9 Å². The molecule has 1 unspecified atom stereocenters. The van der Waals surface area contributed by atoms with Crippen LogP contribution in [0.1, 0.15) is 16.0 Å². The molecule has 1 aromatic heterocycles. The Morgan fingerprint density at radius 1 is 1.33 bits per heavy atom. The average Bonchev–Trinajstić information content (AvgIpc) is 2.70. The van der Waals surface area contributed by atoms with Crippen LogP contribution in [-0.2, 0) is 6.42 Å². The lowest BCUT2D eigenvalue weighted by Gasteiger charge is -2.08. The summed E-state index contributed by atoms with van der Waals surface area (Å²) in [6.45, 7) is 0. The molecule has 78 valence electrons. The fourth-order valence-corrected chi connectivity index (χ4v) is 3.20. The second kappa shape index (κ2) is 5.15. The Morgan fingerprint density at radius 2 is 2.20 bits per heavy atom. The van der Waals surface area contributed by atoms with Gasteiger partial charge in [-0.3, -0.25) is 0 Å². The molecule has 0 aliphatic carbocycles. The van der Waals surface area contributed by atoms with Crippen LogP contribution in [-0.4, -0.2) is 0 Å². The van der Waals surface area contributed by atoms with Crippen molar-refractivity contribution in [3.8, 4) is 0 Å². The van der Waals surface area contributed by atoms with E-state index in [-0.39, 0.29) is 0 Å². The van der Waals surface area contributed by atoms with E-state index in [0.717, 1.165) is 11.4 Å². The van der Waals surface area contributed by atoms with Gasteiger partial charge in [0.25, 0.3) is 0 Å². The molecule has 15 heavy (non-hydrogen) atoms. The molecule has 1 heterocycles. The highest BCUT2D eigenvalue weighted by molar-refractivity contribution is 9.09. The van der Waals surface area contributed by atoms with Gasteiger partial charge in [-0.15, -0.1) is 0 Å². The minimum atomic E-state index is 0.377. The SMILES string of the molecule is Clc1cccc(CC(Br)c2ccsc2)c1. The van der Waals surface area contributed by atoms with Gasteiger partial charge in [0.05, 0.1) is 0 Å². The molecular weight excluding hydrogens is 292 g/mol. The summed E-state index contributed by atoms with van der Waals surface area (Å²) in [5.74, 6) is 0. The molecule has 0 nitrogen and oxygen atoms in total. The van der Waals surface area contributed by atoms with Gasteiger partial charge in [-0.1, -0.05) is 39.7 Å². The molecule has 0 saturated heterocycles. The third kappa shape index (κ3) is 3.07. The normalized spacial score (nSPS) is 12.7. The van der Waals surface area contributed by atoms with Crippen LogP contribution in [0.3, 0.4) is 0 Å². The first-order chi connectivity index (χ1) is 7.25. The Balaban J connectivity index is 2.09. The van der Waals surface area contributed by atoms with Crippen LogP contribution in [0, 0.1) is 0 Å². The second-order valence-corrected chi connectivity index (χ2v) is 5.68. The third-order valence-corrected chi connectivity index (χ3v) is 4.00. The molecule has 0 fully saturated rings. The summed E-state index contributed by atoms with van der Waals surface area (Å²) in [5, 5.41) is 5.07. The van der Waals surface area contributed by atoms with Crippen LogP contribution in [0.4, 0.5) is 0 Å². The van der Waals surface area contributed by atoms with Crippen molar-refractivity contribution in [2.45, 2.75) is 11.2 Å². The predicted molar refractivity (Wildman–Crippen MR) is 71.1 cm³/mol. The molecule has 2 rings (SSSR count). The number of hydrogen-bond donors (Lipinski definition) is 0. The molecule has 3 heteroatoms. The molecule has 1 atom stereocenters. The maximum Gasteiger partial charge on any atom is 0.0443 e. The van der Waals surface area contributed by atoms with Crippen molar-refractivity contribution in [1.82, 2.24) is 0 Å². The molecule has 0 N–H and O–H groups in total. The minimum absolute atomic E-state index is 0.377. The first-order valence-corrected chi connectivity index (χ1v) is 6.90. The number of benzene rings is 1. The number of thiophene rings is 1. The Bertz CT molecular complexity index is 425. The van der Waals surface area contributed by atoms with E-state index in [1.165, 1.54) is 11.1 Å². The summed E-state index contributed by atoms with van der Waals surface area (Å²) in [6, 6.07) is 10.2. The zero-order chi connectivity index (χ0) is 10.7. The van der Waals surface area contributed by atoms with E-state index in [1.807, 2.05) is 18.2 Å². The van der Waals surface area contributed by atoms with Crippen LogP contribution < -0.4 is 0 Å². The Labute approximate surface area is 107 Å². The topological polar surface area (TPSA) is 0 Å². The highest BCUT2D eigenvalue weighted by Gasteiger charge is 2.08. The summed E-state index contributed by atoms with van der Waals surface area (Å²) in [5.41, 5.74) is 2.59. The molecule has 0 aliphatic rings. The van der Waals surface area contributed by atoms with Crippen molar-refractivity contribution in [2.75, 3.05) is 0 Å². The molecule has 0 bridgehead atoms. The first-order valence-electron chi connectivity index (χ1n) is 4.66. The summed E-state index contributed by atoms with van der Waals surface area (Å²) in [7, 11) is 0. The van der Waals surface area contributed by atoms with Gasteiger partial charge < -0.3 is 0 Å². The van der Waals surface area contributed by atoms with E-state index in [9.17, 15) is 0 Å². The van der Waals surface area contributed by atoms with Gasteiger partial charge >= 0.3 is 0 Å². The van der Waals surface area contributed by atoms with Crippen LogP contribution in [0.5, 0.6) is 0 Å². The maximum atomic E-state index is 5.94. The van der Waals surface area contributed by atoms with Gasteiger partial charge in [0.2, 0.25) is 0 Å². The van der Waals surface area contributed by atoms with Crippen LogP contribution in [0.2, 0.25) is 5.02 Å². The molecule has 0 saturated carbocycles. The minimum Gasteiger partial charge on any atom is -0.152 e. The first kappa shape index (κ1) is 11.2. The largest absolute Gasteiger partial charge is 0.152 e. The lowest BCUT2D eigenvalue weighted by Crippen LogP contribution is -1.93. The van der Waals surface area contributed by atoms with E-state index in [4.69, 9.17) is 11.6 Å². The van der Waals surface area contributed by atoms with Crippen molar-refractivity contribution in [2.24, 2.45) is 0 Å². The van der Waals surface area contributed by atoms with Gasteiger partial charge in [0.15, 0.2) is 0 Å². The van der Waals surface area contributed by atoms with Gasteiger partial charge in [-0.05, 0) is 46.5 Å². The lowest BCUT2D eigenvalue weighted by atomic mass is 10.1. The monoisotopic (exact) mass is 300 g/mol. The van der Waals surface area contributed by atoms with Crippen molar-refractivity contribution < 1.29 is 0 Å². The highest BCUT2D eigenvalue weighted by Crippen LogP contribution is 2.29. The van der Waals surface area contributed by atoms with Crippen molar-refractivity contribution in [3.63, 3.8) is 0 Å². The lowest BCUT2D eigenvalue weighted by molar-refractivity contribution is 0.955. The Hall–Kier alpha value is -0.310. The maximum absolute atomic E-state index is 5.94. The zero-order valence-corrected chi connectivity index (χ0v) is 11.1. The number of hydrogen-bond acceptors (Lipinski definition) is 1. The standard InChI is InChI=1S/C12H10BrClS/c13-12(10-4-5-15-8-10)7-9-2-1-3-11(14)6-9/h1-6,8,12H,7H2. The zero-order valence-electron chi connectivity index (χ0n) is 7.99. The predicted octanol–water partition coefficient (Wildman–Crippen LogP) is 5.08. The summed E-state index contributed by atoms with van der Waals surface area (Å²) < 4.78 is 0. The molecule has 0 radical (unpaired) electrons. The Kier molecular flexibility index (Phi) is 3.84. The van der Waals surface area contributed by atoms with Gasteiger partial charge in [0, 0.05) is 9.85 Å². The smallest absolute Gasteiger partial charge is 0.0443 e. The number of halogens is 2. The quantitative estimate of drug-likeness (QED) is 0.694. The third-order valence-electron chi connectivity index (χ3n) is 2.21. The molecule has 1 aromatic carbocycles. The van der Waals surface area contributed by atoms with Crippen LogP contribution in [0.15, 0.2) is 41.1 Å². The summed E-state index contributed by atoms with van der Waals surface area (Å²) in [4.78, 5) is 0.377. The fraction of sp³-hybridized carbons (Fsp3) is 0.167. The fourth-order valence-electron chi connectivity index (χ4n) is 1.44. The molecule has 0 amide bonds. The van der Waals surface area contributed by atoms with Gasteiger partial charge in [0.1, 0.15) is 0 Å². The van der Waals surface area contributed by atoms with E-state index in [1.54, 1.807) is 11.3 Å². The summed E-state index contributed by atoms with van der Waals surface area (Å²) >= 11 is 11.4.